The second-order valence-electron chi connectivity index (χ2n) is 5.51. The van der Waals surface area contributed by atoms with E-state index >= 15 is 0 Å². The van der Waals surface area contributed by atoms with E-state index in [-0.39, 0.29) is 18.0 Å². The average molecular weight is 308 g/mol. The Hall–Kier alpha value is -1.91. The molecule has 1 aliphatic carbocycles. The number of hydrogen-bond acceptors (Lipinski definition) is 2. The molecule has 5 heteroatoms. The van der Waals surface area contributed by atoms with Gasteiger partial charge in [-0.1, -0.05) is 11.6 Å². The van der Waals surface area contributed by atoms with E-state index in [1.807, 2.05) is 0 Å². The highest BCUT2D eigenvalue weighted by atomic mass is 19.1. The number of rotatable bonds is 7. The van der Waals surface area contributed by atoms with E-state index in [4.69, 9.17) is 0 Å². The minimum atomic E-state index is -0.648. The van der Waals surface area contributed by atoms with Gasteiger partial charge < -0.3 is 10.6 Å². The van der Waals surface area contributed by atoms with E-state index in [0.29, 0.717) is 13.1 Å². The Morgan fingerprint density at radius 2 is 2.05 bits per heavy atom. The van der Waals surface area contributed by atoms with Crippen molar-refractivity contribution in [3.63, 3.8) is 0 Å². The predicted molar refractivity (Wildman–Crippen MR) is 83.6 cm³/mol. The number of hydrogen-bond donors (Lipinski definition) is 2. The van der Waals surface area contributed by atoms with Gasteiger partial charge in [0.2, 0.25) is 5.91 Å². The van der Waals surface area contributed by atoms with Gasteiger partial charge in [0.1, 0.15) is 11.6 Å². The van der Waals surface area contributed by atoms with Crippen LogP contribution in [0.3, 0.4) is 0 Å². The minimum absolute atomic E-state index is 0.0635. The molecule has 0 aromatic heterocycles. The first kappa shape index (κ1) is 16.5. The van der Waals surface area contributed by atoms with Crippen LogP contribution < -0.4 is 10.6 Å². The zero-order valence-corrected chi connectivity index (χ0v) is 12.6. The molecule has 0 fully saturated rings. The van der Waals surface area contributed by atoms with Crippen molar-refractivity contribution < 1.29 is 13.6 Å². The van der Waals surface area contributed by atoms with Gasteiger partial charge in [0.25, 0.3) is 0 Å². The minimum Gasteiger partial charge on any atom is -0.382 e. The zero-order valence-electron chi connectivity index (χ0n) is 12.6. The standard InChI is InChI=1S/C17H22F2N2O/c18-14-6-7-16(15(19)12-14)20-11-9-17(22)21-10-8-13-4-2-1-3-5-13/h4,6-7,12,20H,1-3,5,8-11H2,(H,21,22). The van der Waals surface area contributed by atoms with Gasteiger partial charge in [-0.05, 0) is 44.2 Å². The van der Waals surface area contributed by atoms with Crippen molar-refractivity contribution in [3.8, 4) is 0 Å². The van der Waals surface area contributed by atoms with Crippen molar-refractivity contribution in [3.05, 3.63) is 41.5 Å². The van der Waals surface area contributed by atoms with E-state index in [1.54, 1.807) is 0 Å². The van der Waals surface area contributed by atoms with Crippen LogP contribution in [-0.4, -0.2) is 19.0 Å². The first-order chi connectivity index (χ1) is 10.6. The summed E-state index contributed by atoms with van der Waals surface area (Å²) in [4.78, 5) is 11.7. The van der Waals surface area contributed by atoms with Gasteiger partial charge in [0.05, 0.1) is 5.69 Å². The van der Waals surface area contributed by atoms with Crippen molar-refractivity contribution in [2.45, 2.75) is 38.5 Å². The Balaban J connectivity index is 1.62. The molecule has 120 valence electrons. The Morgan fingerprint density at radius 3 is 2.77 bits per heavy atom. The van der Waals surface area contributed by atoms with Gasteiger partial charge in [-0.25, -0.2) is 8.78 Å². The Kier molecular flexibility index (Phi) is 6.37. The van der Waals surface area contributed by atoms with Crippen LogP contribution in [-0.2, 0) is 4.79 Å². The number of nitrogens with one attached hydrogen (secondary N) is 2. The van der Waals surface area contributed by atoms with Crippen LogP contribution in [0, 0.1) is 11.6 Å². The van der Waals surface area contributed by atoms with Crippen molar-refractivity contribution in [1.29, 1.82) is 0 Å². The summed E-state index contributed by atoms with van der Waals surface area (Å²) in [6.45, 7) is 0.965. The smallest absolute Gasteiger partial charge is 0.221 e. The quantitative estimate of drug-likeness (QED) is 0.753. The van der Waals surface area contributed by atoms with E-state index in [0.717, 1.165) is 25.3 Å². The first-order valence-corrected chi connectivity index (χ1v) is 7.78. The summed E-state index contributed by atoms with van der Waals surface area (Å²) in [7, 11) is 0. The summed E-state index contributed by atoms with van der Waals surface area (Å²) in [5.74, 6) is -1.33. The van der Waals surface area contributed by atoms with Crippen LogP contribution in [0.2, 0.25) is 0 Å². The fourth-order valence-corrected chi connectivity index (χ4v) is 2.53. The van der Waals surface area contributed by atoms with E-state index in [1.165, 1.54) is 30.5 Å². The summed E-state index contributed by atoms with van der Waals surface area (Å²) in [5.41, 5.74) is 1.64. The molecule has 0 unspecified atom stereocenters. The molecule has 0 saturated carbocycles. The van der Waals surface area contributed by atoms with Gasteiger partial charge in [-0.3, -0.25) is 4.79 Å². The van der Waals surface area contributed by atoms with Gasteiger partial charge in [-0.15, -0.1) is 0 Å². The normalized spacial score (nSPS) is 14.4. The highest BCUT2D eigenvalue weighted by molar-refractivity contribution is 5.76. The zero-order chi connectivity index (χ0) is 15.8. The fraction of sp³-hybridized carbons (Fsp3) is 0.471. The maximum absolute atomic E-state index is 13.4. The number of anilines is 1. The number of halogens is 2. The summed E-state index contributed by atoms with van der Waals surface area (Å²) in [6.07, 6.45) is 8.24. The number of allylic oxidation sites excluding steroid dienone is 1. The van der Waals surface area contributed by atoms with E-state index in [9.17, 15) is 13.6 Å². The van der Waals surface area contributed by atoms with Crippen molar-refractivity contribution in [2.24, 2.45) is 0 Å². The third-order valence-corrected chi connectivity index (χ3v) is 3.75. The lowest BCUT2D eigenvalue weighted by Crippen LogP contribution is -2.26. The molecule has 0 atom stereocenters. The molecule has 1 aromatic carbocycles. The molecule has 3 nitrogen and oxygen atoms in total. The lowest BCUT2D eigenvalue weighted by atomic mass is 9.97. The molecule has 0 heterocycles. The number of benzene rings is 1. The first-order valence-electron chi connectivity index (χ1n) is 7.78. The Labute approximate surface area is 129 Å². The maximum atomic E-state index is 13.4. The molecular formula is C17H22F2N2O. The number of amides is 1. The third kappa shape index (κ3) is 5.47. The predicted octanol–water partition coefficient (Wildman–Crippen LogP) is 3.77. The Bertz CT molecular complexity index is 543. The monoisotopic (exact) mass is 308 g/mol. The van der Waals surface area contributed by atoms with Crippen LogP contribution in [0.25, 0.3) is 0 Å². The third-order valence-electron chi connectivity index (χ3n) is 3.75. The summed E-state index contributed by atoms with van der Waals surface area (Å²) >= 11 is 0. The van der Waals surface area contributed by atoms with Crippen LogP contribution in [0.15, 0.2) is 29.8 Å². The van der Waals surface area contributed by atoms with Gasteiger partial charge in [-0.2, -0.15) is 0 Å². The molecule has 0 radical (unpaired) electrons. The molecule has 1 amide bonds. The maximum Gasteiger partial charge on any atom is 0.221 e. The molecule has 1 aromatic rings. The van der Waals surface area contributed by atoms with E-state index in [2.05, 4.69) is 16.7 Å². The molecule has 0 saturated heterocycles. The molecule has 0 aliphatic heterocycles. The molecule has 0 spiro atoms. The Morgan fingerprint density at radius 1 is 1.18 bits per heavy atom. The number of carbonyl (C=O) groups is 1. The van der Waals surface area contributed by atoms with Crippen LogP contribution in [0.4, 0.5) is 14.5 Å². The summed E-state index contributed by atoms with van der Waals surface area (Å²) < 4.78 is 26.1. The molecule has 1 aliphatic rings. The number of carbonyl (C=O) groups excluding carboxylic acids is 1. The van der Waals surface area contributed by atoms with E-state index < -0.39 is 11.6 Å². The molecule has 2 N–H and O–H groups in total. The second kappa shape index (κ2) is 8.51. The van der Waals surface area contributed by atoms with Crippen molar-refractivity contribution in [2.75, 3.05) is 18.4 Å². The highest BCUT2D eigenvalue weighted by Crippen LogP contribution is 2.19. The van der Waals surface area contributed by atoms with Crippen LogP contribution >= 0.6 is 0 Å². The van der Waals surface area contributed by atoms with Gasteiger partial charge >= 0.3 is 0 Å². The lowest BCUT2D eigenvalue weighted by Gasteiger charge is -2.13. The van der Waals surface area contributed by atoms with Gasteiger partial charge in [0, 0.05) is 25.6 Å². The van der Waals surface area contributed by atoms with Gasteiger partial charge in [0.15, 0.2) is 0 Å². The summed E-state index contributed by atoms with van der Waals surface area (Å²) in [6, 6.07) is 3.34. The highest BCUT2D eigenvalue weighted by Gasteiger charge is 2.06. The van der Waals surface area contributed by atoms with Crippen LogP contribution in [0.5, 0.6) is 0 Å². The average Bonchev–Trinajstić information content (AvgIpc) is 2.50. The second-order valence-corrected chi connectivity index (χ2v) is 5.51. The van der Waals surface area contributed by atoms with Crippen LogP contribution in [0.1, 0.15) is 38.5 Å². The molecule has 2 rings (SSSR count). The lowest BCUT2D eigenvalue weighted by molar-refractivity contribution is -0.120. The fourth-order valence-electron chi connectivity index (χ4n) is 2.53. The molecule has 22 heavy (non-hydrogen) atoms. The summed E-state index contributed by atoms with van der Waals surface area (Å²) in [5, 5.41) is 5.66. The van der Waals surface area contributed by atoms with Crippen molar-refractivity contribution >= 4 is 11.6 Å². The largest absolute Gasteiger partial charge is 0.382 e. The topological polar surface area (TPSA) is 41.1 Å². The molecule has 0 bridgehead atoms. The SMILES string of the molecule is O=C(CCNc1ccc(F)cc1F)NCCC1=CCCCC1. The van der Waals surface area contributed by atoms with Crippen molar-refractivity contribution in [1.82, 2.24) is 5.32 Å². The molecular weight excluding hydrogens is 286 g/mol.